The van der Waals surface area contributed by atoms with E-state index in [4.69, 9.17) is 4.52 Å². The van der Waals surface area contributed by atoms with Crippen molar-refractivity contribution in [2.24, 2.45) is 0 Å². The summed E-state index contributed by atoms with van der Waals surface area (Å²) in [7, 11) is 0. The Morgan fingerprint density at radius 2 is 2.33 bits per heavy atom. The largest absolute Gasteiger partial charge is 0.339 e. The molecule has 1 saturated carbocycles. The van der Waals surface area contributed by atoms with Gasteiger partial charge in [0.05, 0.1) is 5.75 Å². The lowest BCUT2D eigenvalue weighted by Gasteiger charge is -1.99. The Balaban J connectivity index is 1.87. The van der Waals surface area contributed by atoms with Crippen molar-refractivity contribution in [3.05, 3.63) is 11.7 Å². The fourth-order valence-electron chi connectivity index (χ4n) is 1.71. The lowest BCUT2D eigenvalue weighted by molar-refractivity contribution is -0.117. The molecule has 1 aromatic rings. The predicted molar refractivity (Wildman–Crippen MR) is 56.0 cm³/mol. The molecule has 1 aliphatic carbocycles. The topological polar surface area (TPSA) is 56.0 Å². The highest BCUT2D eigenvalue weighted by Gasteiger charge is 2.44. The predicted octanol–water partition coefficient (Wildman–Crippen LogP) is 1.52. The van der Waals surface area contributed by atoms with Crippen LogP contribution in [0.4, 0.5) is 0 Å². The molecule has 0 amide bonds. The Labute approximate surface area is 91.8 Å². The highest BCUT2D eigenvalue weighted by molar-refractivity contribution is 8.00. The number of thioether (sulfide) groups is 1. The van der Waals surface area contributed by atoms with Crippen LogP contribution in [0.5, 0.6) is 0 Å². The number of carbonyl (C=O) groups excluding carboxylic acids is 1. The average Bonchev–Trinajstić information content (AvgIpc) is 2.70. The number of carbonyl (C=O) groups is 1. The molecule has 2 aliphatic rings. The van der Waals surface area contributed by atoms with Crippen LogP contribution in [0.3, 0.4) is 0 Å². The number of hydrogen-bond acceptors (Lipinski definition) is 5. The molecule has 1 aliphatic heterocycles. The van der Waals surface area contributed by atoms with Gasteiger partial charge in [0.2, 0.25) is 5.89 Å². The summed E-state index contributed by atoms with van der Waals surface area (Å²) in [5.74, 6) is 2.74. The minimum Gasteiger partial charge on any atom is -0.339 e. The summed E-state index contributed by atoms with van der Waals surface area (Å²) in [4.78, 5) is 15.9. The summed E-state index contributed by atoms with van der Waals surface area (Å²) in [6.45, 7) is 2.13. The van der Waals surface area contributed by atoms with Gasteiger partial charge in [-0.3, -0.25) is 4.79 Å². The van der Waals surface area contributed by atoms with E-state index in [1.165, 1.54) is 0 Å². The van der Waals surface area contributed by atoms with Crippen LogP contribution in [-0.4, -0.2) is 27.4 Å². The molecule has 0 radical (unpaired) electrons. The normalized spacial score (nSPS) is 28.3. The molecule has 0 bridgehead atoms. The minimum atomic E-state index is -0.154. The van der Waals surface area contributed by atoms with Crippen molar-refractivity contribution >= 4 is 17.5 Å². The van der Waals surface area contributed by atoms with Crippen molar-refractivity contribution in [1.82, 2.24) is 10.1 Å². The van der Waals surface area contributed by atoms with E-state index in [9.17, 15) is 4.79 Å². The van der Waals surface area contributed by atoms with Gasteiger partial charge in [-0.15, -0.1) is 0 Å². The van der Waals surface area contributed by atoms with E-state index in [1.807, 2.05) is 0 Å². The maximum absolute atomic E-state index is 11.5. The molecule has 2 fully saturated rings. The fraction of sp³-hybridized carbons (Fsp3) is 0.700. The second-order valence-corrected chi connectivity index (χ2v) is 5.58. The van der Waals surface area contributed by atoms with E-state index >= 15 is 0 Å². The molecule has 0 spiro atoms. The molecule has 1 saturated heterocycles. The second-order valence-electron chi connectivity index (χ2n) is 4.55. The van der Waals surface area contributed by atoms with E-state index in [0.717, 1.165) is 24.4 Å². The van der Waals surface area contributed by atoms with Crippen molar-refractivity contribution in [3.8, 4) is 0 Å². The number of rotatable bonds is 2. The van der Waals surface area contributed by atoms with Crippen molar-refractivity contribution in [2.45, 2.75) is 31.1 Å². The van der Waals surface area contributed by atoms with Gasteiger partial charge < -0.3 is 4.52 Å². The van der Waals surface area contributed by atoms with Crippen LogP contribution in [-0.2, 0) is 10.2 Å². The molecule has 0 N–H and O–H groups in total. The van der Waals surface area contributed by atoms with Crippen LogP contribution in [0.2, 0.25) is 0 Å². The molecule has 80 valence electrons. The smallest absolute Gasteiger partial charge is 0.238 e. The molecule has 3 rings (SSSR count). The van der Waals surface area contributed by atoms with Crippen LogP contribution < -0.4 is 0 Å². The standard InChI is InChI=1S/C10H12N2O2S/c1-10(2-3-10)9-11-8(14-12-9)6-4-15-5-7(6)13/h6H,2-5H2,1H3. The number of hydrogen-bond donors (Lipinski definition) is 0. The molecule has 2 heterocycles. The summed E-state index contributed by atoms with van der Waals surface area (Å²) in [6.07, 6.45) is 2.25. The van der Waals surface area contributed by atoms with Gasteiger partial charge in [-0.05, 0) is 12.8 Å². The zero-order valence-corrected chi connectivity index (χ0v) is 9.34. The van der Waals surface area contributed by atoms with E-state index in [-0.39, 0.29) is 17.1 Å². The molecular formula is C10H12N2O2S. The summed E-state index contributed by atoms with van der Waals surface area (Å²) >= 11 is 1.64. The van der Waals surface area contributed by atoms with Crippen LogP contribution in [0.25, 0.3) is 0 Å². The van der Waals surface area contributed by atoms with E-state index in [1.54, 1.807) is 11.8 Å². The van der Waals surface area contributed by atoms with Crippen molar-refractivity contribution < 1.29 is 9.32 Å². The Hall–Kier alpha value is -0.840. The van der Waals surface area contributed by atoms with E-state index < -0.39 is 0 Å². The summed E-state index contributed by atoms with van der Waals surface area (Å²) in [6, 6.07) is 0. The van der Waals surface area contributed by atoms with Crippen molar-refractivity contribution in [1.29, 1.82) is 0 Å². The third-order valence-electron chi connectivity index (χ3n) is 3.20. The van der Waals surface area contributed by atoms with Crippen LogP contribution in [0.1, 0.15) is 37.4 Å². The zero-order valence-electron chi connectivity index (χ0n) is 8.52. The quantitative estimate of drug-likeness (QED) is 0.762. The number of aromatic nitrogens is 2. The molecule has 0 aromatic carbocycles. The first kappa shape index (κ1) is 9.39. The van der Waals surface area contributed by atoms with Crippen LogP contribution in [0.15, 0.2) is 4.52 Å². The average molecular weight is 224 g/mol. The first-order valence-corrected chi connectivity index (χ1v) is 6.29. The number of nitrogens with zero attached hydrogens (tertiary/aromatic N) is 2. The van der Waals surface area contributed by atoms with E-state index in [2.05, 4.69) is 17.1 Å². The highest BCUT2D eigenvalue weighted by Crippen LogP contribution is 2.46. The first-order valence-electron chi connectivity index (χ1n) is 5.14. The zero-order chi connectivity index (χ0) is 10.5. The lowest BCUT2D eigenvalue weighted by atomic mass is 10.1. The van der Waals surface area contributed by atoms with Crippen molar-refractivity contribution in [2.75, 3.05) is 11.5 Å². The van der Waals surface area contributed by atoms with Gasteiger partial charge in [-0.2, -0.15) is 16.7 Å². The second kappa shape index (κ2) is 3.07. The van der Waals surface area contributed by atoms with Gasteiger partial charge in [-0.25, -0.2) is 0 Å². The molecule has 1 unspecified atom stereocenters. The summed E-state index contributed by atoms with van der Waals surface area (Å²) < 4.78 is 5.19. The third kappa shape index (κ3) is 1.49. The molecular weight excluding hydrogens is 212 g/mol. The van der Waals surface area contributed by atoms with E-state index in [0.29, 0.717) is 11.6 Å². The summed E-state index contributed by atoms with van der Waals surface area (Å²) in [5, 5.41) is 3.98. The number of ketones is 1. The Morgan fingerprint density at radius 3 is 2.93 bits per heavy atom. The Kier molecular flexibility index (Phi) is 1.92. The molecule has 4 nitrogen and oxygen atoms in total. The van der Waals surface area contributed by atoms with Gasteiger partial charge in [0.1, 0.15) is 5.92 Å². The lowest BCUT2D eigenvalue weighted by Crippen LogP contribution is -2.10. The third-order valence-corrected chi connectivity index (χ3v) is 4.25. The maximum atomic E-state index is 11.5. The Bertz CT molecular complexity index is 411. The SMILES string of the molecule is CC1(c2noc(C3CSCC3=O)n2)CC1. The molecule has 5 heteroatoms. The highest BCUT2D eigenvalue weighted by atomic mass is 32.2. The Morgan fingerprint density at radius 1 is 1.53 bits per heavy atom. The van der Waals surface area contributed by atoms with Gasteiger partial charge in [0.25, 0.3) is 0 Å². The van der Waals surface area contributed by atoms with Gasteiger partial charge in [0.15, 0.2) is 11.6 Å². The van der Waals surface area contributed by atoms with Crippen molar-refractivity contribution in [3.63, 3.8) is 0 Å². The first-order chi connectivity index (χ1) is 7.19. The molecule has 1 aromatic heterocycles. The van der Waals surface area contributed by atoms with Crippen LogP contribution in [0, 0.1) is 0 Å². The summed E-state index contributed by atoms with van der Waals surface area (Å²) in [5.41, 5.74) is 0.122. The van der Waals surface area contributed by atoms with Crippen LogP contribution >= 0.6 is 11.8 Å². The molecule has 1 atom stereocenters. The number of Topliss-reactive ketones (excluding diaryl/α,β-unsaturated/α-hetero) is 1. The fourth-order valence-corrected chi connectivity index (χ4v) is 2.80. The molecule has 15 heavy (non-hydrogen) atoms. The van der Waals surface area contributed by atoms with Gasteiger partial charge >= 0.3 is 0 Å². The maximum Gasteiger partial charge on any atom is 0.238 e. The monoisotopic (exact) mass is 224 g/mol. The van der Waals surface area contributed by atoms with Gasteiger partial charge in [-0.1, -0.05) is 12.1 Å². The van der Waals surface area contributed by atoms with Gasteiger partial charge in [0, 0.05) is 11.2 Å². The minimum absolute atomic E-state index is 0.122.